The summed E-state index contributed by atoms with van der Waals surface area (Å²) >= 11 is 0. The fourth-order valence-corrected chi connectivity index (χ4v) is 2.98. The summed E-state index contributed by atoms with van der Waals surface area (Å²) in [7, 11) is 0. The molecule has 1 atom stereocenters. The lowest BCUT2D eigenvalue weighted by Gasteiger charge is -2.34. The van der Waals surface area contributed by atoms with E-state index in [1.54, 1.807) is 6.33 Å². The molecule has 2 aliphatic rings. The lowest BCUT2D eigenvalue weighted by Crippen LogP contribution is -2.40. The van der Waals surface area contributed by atoms with Gasteiger partial charge in [0.1, 0.15) is 6.33 Å². The molecule has 17 heavy (non-hydrogen) atoms. The van der Waals surface area contributed by atoms with Crippen molar-refractivity contribution in [2.24, 2.45) is 5.41 Å². The Morgan fingerprint density at radius 3 is 3.29 bits per heavy atom. The van der Waals surface area contributed by atoms with Crippen LogP contribution in [0.2, 0.25) is 0 Å². The minimum atomic E-state index is 0.449. The van der Waals surface area contributed by atoms with Crippen LogP contribution in [0.25, 0.3) is 0 Å². The van der Waals surface area contributed by atoms with Crippen LogP contribution in [0.3, 0.4) is 0 Å². The lowest BCUT2D eigenvalue weighted by molar-refractivity contribution is 0.162. The van der Waals surface area contributed by atoms with Gasteiger partial charge in [-0.15, -0.1) is 0 Å². The van der Waals surface area contributed by atoms with Crippen LogP contribution in [0.1, 0.15) is 24.6 Å². The minimum absolute atomic E-state index is 0.449. The molecule has 1 aromatic heterocycles. The molecule has 0 spiro atoms. The quantitative estimate of drug-likeness (QED) is 0.820. The number of hydrogen-bond donors (Lipinski definition) is 1. The van der Waals surface area contributed by atoms with Gasteiger partial charge in [-0.25, -0.2) is 9.97 Å². The van der Waals surface area contributed by atoms with Gasteiger partial charge in [-0.2, -0.15) is 0 Å². The van der Waals surface area contributed by atoms with Crippen LogP contribution in [0, 0.1) is 5.41 Å². The van der Waals surface area contributed by atoms with E-state index < -0.39 is 0 Å². The molecule has 4 heteroatoms. The largest absolute Gasteiger partial charge is 0.316 e. The maximum absolute atomic E-state index is 4.40. The molecule has 0 aliphatic carbocycles. The second kappa shape index (κ2) is 4.35. The standard InChI is InChI=1S/C13H20N4/c1-13(3-4-14-8-13)9-17-5-2-11-6-15-10-16-12(11)7-17/h6,10,14H,2-5,7-9H2,1H3. The first-order valence-corrected chi connectivity index (χ1v) is 6.46. The van der Waals surface area contributed by atoms with Gasteiger partial charge >= 0.3 is 0 Å². The van der Waals surface area contributed by atoms with E-state index >= 15 is 0 Å². The van der Waals surface area contributed by atoms with Gasteiger partial charge in [0.25, 0.3) is 0 Å². The molecule has 0 bridgehead atoms. The predicted octanol–water partition coefficient (Wildman–Crippen LogP) is 0.834. The second-order valence-electron chi connectivity index (χ2n) is 5.69. The van der Waals surface area contributed by atoms with Crippen LogP contribution < -0.4 is 5.32 Å². The Hall–Kier alpha value is -1.00. The Kier molecular flexibility index (Phi) is 2.84. The first-order valence-electron chi connectivity index (χ1n) is 6.46. The van der Waals surface area contributed by atoms with E-state index in [0.717, 1.165) is 26.1 Å². The second-order valence-corrected chi connectivity index (χ2v) is 5.69. The zero-order chi connectivity index (χ0) is 11.7. The third kappa shape index (κ3) is 2.33. The smallest absolute Gasteiger partial charge is 0.115 e. The molecule has 2 aliphatic heterocycles. The van der Waals surface area contributed by atoms with Crippen LogP contribution in [-0.4, -0.2) is 41.0 Å². The minimum Gasteiger partial charge on any atom is -0.316 e. The Bertz CT molecular complexity index is 398. The third-order valence-corrected chi connectivity index (χ3v) is 4.01. The molecule has 0 aromatic carbocycles. The molecule has 0 saturated carbocycles. The highest BCUT2D eigenvalue weighted by molar-refractivity contribution is 5.18. The van der Waals surface area contributed by atoms with E-state index in [-0.39, 0.29) is 0 Å². The Labute approximate surface area is 102 Å². The number of hydrogen-bond acceptors (Lipinski definition) is 4. The molecule has 3 rings (SSSR count). The van der Waals surface area contributed by atoms with Crippen molar-refractivity contribution < 1.29 is 0 Å². The van der Waals surface area contributed by atoms with E-state index in [1.165, 1.54) is 30.8 Å². The molecule has 1 aromatic rings. The topological polar surface area (TPSA) is 41.1 Å². The van der Waals surface area contributed by atoms with E-state index in [9.17, 15) is 0 Å². The number of aromatic nitrogens is 2. The molecular weight excluding hydrogens is 212 g/mol. The molecule has 3 heterocycles. The average molecular weight is 232 g/mol. The van der Waals surface area contributed by atoms with Crippen molar-refractivity contribution in [1.82, 2.24) is 20.2 Å². The molecule has 1 fully saturated rings. The summed E-state index contributed by atoms with van der Waals surface area (Å²) in [6.07, 6.45) is 6.03. The maximum Gasteiger partial charge on any atom is 0.115 e. The first kappa shape index (κ1) is 11.1. The molecular formula is C13H20N4. The van der Waals surface area contributed by atoms with Crippen molar-refractivity contribution in [3.05, 3.63) is 23.8 Å². The fourth-order valence-electron chi connectivity index (χ4n) is 2.98. The summed E-state index contributed by atoms with van der Waals surface area (Å²) in [6, 6.07) is 0. The molecule has 1 unspecified atom stereocenters. The van der Waals surface area contributed by atoms with Crippen LogP contribution in [-0.2, 0) is 13.0 Å². The van der Waals surface area contributed by atoms with E-state index in [2.05, 4.69) is 27.1 Å². The highest BCUT2D eigenvalue weighted by atomic mass is 15.2. The number of rotatable bonds is 2. The summed E-state index contributed by atoms with van der Waals surface area (Å²) in [6.45, 7) is 8.04. The van der Waals surface area contributed by atoms with Crippen LogP contribution in [0.5, 0.6) is 0 Å². The van der Waals surface area contributed by atoms with Gasteiger partial charge in [-0.05, 0) is 30.4 Å². The highest BCUT2D eigenvalue weighted by Gasteiger charge is 2.31. The van der Waals surface area contributed by atoms with Crippen LogP contribution in [0.15, 0.2) is 12.5 Å². The van der Waals surface area contributed by atoms with Gasteiger partial charge in [0.15, 0.2) is 0 Å². The monoisotopic (exact) mass is 232 g/mol. The van der Waals surface area contributed by atoms with Crippen molar-refractivity contribution >= 4 is 0 Å². The van der Waals surface area contributed by atoms with Gasteiger partial charge in [-0.3, -0.25) is 4.90 Å². The van der Waals surface area contributed by atoms with Crippen LogP contribution in [0.4, 0.5) is 0 Å². The van der Waals surface area contributed by atoms with Gasteiger partial charge in [0.05, 0.1) is 5.69 Å². The highest BCUT2D eigenvalue weighted by Crippen LogP contribution is 2.27. The SMILES string of the molecule is CC1(CN2CCc3cncnc3C2)CCNC1. The molecule has 0 radical (unpaired) electrons. The van der Waals surface area contributed by atoms with Gasteiger partial charge < -0.3 is 5.32 Å². The number of nitrogens with zero attached hydrogens (tertiary/aromatic N) is 3. The summed E-state index contributed by atoms with van der Waals surface area (Å²) in [5.74, 6) is 0. The van der Waals surface area contributed by atoms with E-state index in [4.69, 9.17) is 0 Å². The molecule has 4 nitrogen and oxygen atoms in total. The Balaban J connectivity index is 1.68. The van der Waals surface area contributed by atoms with Gasteiger partial charge in [-0.1, -0.05) is 6.92 Å². The number of nitrogens with one attached hydrogen (secondary N) is 1. The predicted molar refractivity (Wildman–Crippen MR) is 66.6 cm³/mol. The molecule has 0 amide bonds. The first-order chi connectivity index (χ1) is 8.25. The lowest BCUT2D eigenvalue weighted by atomic mass is 9.88. The van der Waals surface area contributed by atoms with Crippen molar-refractivity contribution in [2.75, 3.05) is 26.2 Å². The average Bonchev–Trinajstić information content (AvgIpc) is 2.76. The van der Waals surface area contributed by atoms with Gasteiger partial charge in [0, 0.05) is 32.4 Å². The summed E-state index contributed by atoms with van der Waals surface area (Å²) < 4.78 is 0. The maximum atomic E-state index is 4.40. The summed E-state index contributed by atoms with van der Waals surface area (Å²) in [5, 5.41) is 3.47. The third-order valence-electron chi connectivity index (χ3n) is 4.01. The van der Waals surface area contributed by atoms with Crippen molar-refractivity contribution in [3.8, 4) is 0 Å². The molecule has 1 N–H and O–H groups in total. The summed E-state index contributed by atoms with van der Waals surface area (Å²) in [4.78, 5) is 11.0. The zero-order valence-electron chi connectivity index (χ0n) is 10.4. The zero-order valence-corrected chi connectivity index (χ0v) is 10.4. The van der Waals surface area contributed by atoms with E-state index in [1.807, 2.05) is 6.20 Å². The fraction of sp³-hybridized carbons (Fsp3) is 0.692. The Morgan fingerprint density at radius 1 is 1.53 bits per heavy atom. The van der Waals surface area contributed by atoms with E-state index in [0.29, 0.717) is 5.41 Å². The van der Waals surface area contributed by atoms with Crippen LogP contribution >= 0.6 is 0 Å². The normalized spacial score (nSPS) is 29.2. The molecule has 1 saturated heterocycles. The Morgan fingerprint density at radius 2 is 2.47 bits per heavy atom. The van der Waals surface area contributed by atoms with Gasteiger partial charge in [0.2, 0.25) is 0 Å². The van der Waals surface area contributed by atoms with Crippen molar-refractivity contribution in [1.29, 1.82) is 0 Å². The summed E-state index contributed by atoms with van der Waals surface area (Å²) in [5.41, 5.74) is 3.00. The number of fused-ring (bicyclic) bond motifs is 1. The molecule has 92 valence electrons. The van der Waals surface area contributed by atoms with Crippen molar-refractivity contribution in [3.63, 3.8) is 0 Å². The van der Waals surface area contributed by atoms with Crippen molar-refractivity contribution in [2.45, 2.75) is 26.3 Å².